The molecule has 33 heavy (non-hydrogen) atoms. The lowest BCUT2D eigenvalue weighted by molar-refractivity contribution is 0.157. The quantitative estimate of drug-likeness (QED) is 0.411. The van der Waals surface area contributed by atoms with Crippen molar-refractivity contribution in [2.45, 2.75) is 62.9 Å². The van der Waals surface area contributed by atoms with Crippen molar-refractivity contribution in [3.8, 4) is 22.4 Å². The van der Waals surface area contributed by atoms with Crippen LogP contribution in [-0.4, -0.2) is 37.5 Å². The van der Waals surface area contributed by atoms with E-state index in [0.29, 0.717) is 18.0 Å². The average Bonchev–Trinajstić information content (AvgIpc) is 3.31. The van der Waals surface area contributed by atoms with Gasteiger partial charge in [-0.05, 0) is 62.5 Å². The molecule has 2 aliphatic heterocycles. The van der Waals surface area contributed by atoms with Crippen molar-refractivity contribution in [3.63, 3.8) is 0 Å². The second-order valence-corrected chi connectivity index (χ2v) is 11.0. The number of benzene rings is 1. The zero-order chi connectivity index (χ0) is 21.8. The van der Waals surface area contributed by atoms with E-state index in [9.17, 15) is 0 Å². The Morgan fingerprint density at radius 1 is 0.909 bits per heavy atom. The number of aromatic nitrogens is 5. The summed E-state index contributed by atoms with van der Waals surface area (Å²) >= 11 is 1.66. The third kappa shape index (κ3) is 3.58. The van der Waals surface area contributed by atoms with E-state index in [1.807, 2.05) is 17.9 Å². The van der Waals surface area contributed by atoms with Crippen LogP contribution in [0.5, 0.6) is 0 Å². The van der Waals surface area contributed by atoms with Crippen LogP contribution in [0.4, 0.5) is 0 Å². The normalized spacial score (nSPS) is 25.9. The number of piperidine rings is 2. The van der Waals surface area contributed by atoms with Crippen LogP contribution >= 0.6 is 11.3 Å². The molecule has 1 aromatic carbocycles. The van der Waals surface area contributed by atoms with E-state index in [0.717, 1.165) is 44.4 Å². The number of nitrogens with zero attached hydrogens (tertiary/aromatic N) is 4. The Bertz CT molecular complexity index is 1250. The molecule has 3 atom stereocenters. The van der Waals surface area contributed by atoms with Gasteiger partial charge in [-0.3, -0.25) is 5.10 Å². The minimum Gasteiger partial charge on any atom is -0.311 e. The molecule has 3 aromatic heterocycles. The molecular weight excluding hydrogens is 428 g/mol. The lowest BCUT2D eigenvalue weighted by Gasteiger charge is -2.43. The molecule has 2 N–H and O–H groups in total. The first-order valence-electron chi connectivity index (χ1n) is 12.3. The van der Waals surface area contributed by atoms with Crippen LogP contribution in [-0.2, 0) is 0 Å². The van der Waals surface area contributed by atoms with Crippen LogP contribution in [0.2, 0.25) is 0 Å². The van der Waals surface area contributed by atoms with Crippen molar-refractivity contribution in [2.75, 3.05) is 0 Å². The van der Waals surface area contributed by atoms with E-state index in [2.05, 4.69) is 44.8 Å². The summed E-state index contributed by atoms with van der Waals surface area (Å²) in [6.45, 7) is 0. The van der Waals surface area contributed by atoms with Crippen molar-refractivity contribution in [3.05, 3.63) is 47.9 Å². The molecule has 168 valence electrons. The van der Waals surface area contributed by atoms with Gasteiger partial charge in [0.2, 0.25) is 0 Å². The number of aromatic amines is 1. The van der Waals surface area contributed by atoms with Gasteiger partial charge in [-0.25, -0.2) is 4.98 Å². The zero-order valence-electron chi connectivity index (χ0n) is 18.6. The smallest absolute Gasteiger partial charge is 0.0944 e. The van der Waals surface area contributed by atoms with E-state index in [1.165, 1.54) is 50.6 Å². The van der Waals surface area contributed by atoms with E-state index >= 15 is 0 Å². The maximum absolute atomic E-state index is 4.85. The van der Waals surface area contributed by atoms with Gasteiger partial charge in [-0.1, -0.05) is 18.6 Å². The molecule has 0 spiro atoms. The highest BCUT2D eigenvalue weighted by Crippen LogP contribution is 2.50. The lowest BCUT2D eigenvalue weighted by Crippen LogP contribution is -2.49. The lowest BCUT2D eigenvalue weighted by atomic mass is 9.72. The van der Waals surface area contributed by atoms with Crippen molar-refractivity contribution in [2.24, 2.45) is 11.8 Å². The predicted octanol–water partition coefficient (Wildman–Crippen LogP) is 5.56. The van der Waals surface area contributed by atoms with Gasteiger partial charge in [-0.2, -0.15) is 15.3 Å². The highest BCUT2D eigenvalue weighted by atomic mass is 32.1. The van der Waals surface area contributed by atoms with Gasteiger partial charge < -0.3 is 5.32 Å². The Labute approximate surface area is 197 Å². The fraction of sp³-hybridized carbons (Fsp3) is 0.462. The summed E-state index contributed by atoms with van der Waals surface area (Å²) in [4.78, 5) is 4.65. The number of hydrogen-bond acceptors (Lipinski definition) is 6. The number of rotatable bonds is 5. The fourth-order valence-corrected chi connectivity index (χ4v) is 7.21. The van der Waals surface area contributed by atoms with Gasteiger partial charge in [0.25, 0.3) is 0 Å². The second kappa shape index (κ2) is 7.99. The second-order valence-electron chi connectivity index (χ2n) is 10.1. The van der Waals surface area contributed by atoms with Crippen LogP contribution in [0, 0.1) is 11.8 Å². The molecule has 4 aromatic rings. The molecular formula is C26H28N6S. The Hall–Kier alpha value is -2.64. The fourth-order valence-electron chi connectivity index (χ4n) is 6.37. The molecule has 3 aliphatic rings. The van der Waals surface area contributed by atoms with E-state index in [-0.39, 0.29) is 0 Å². The summed E-state index contributed by atoms with van der Waals surface area (Å²) in [5.41, 5.74) is 8.32. The van der Waals surface area contributed by atoms with Gasteiger partial charge in [0, 0.05) is 40.9 Å². The third-order valence-electron chi connectivity index (χ3n) is 7.98. The largest absolute Gasteiger partial charge is 0.311 e. The van der Waals surface area contributed by atoms with Gasteiger partial charge in [0.15, 0.2) is 0 Å². The van der Waals surface area contributed by atoms with E-state index < -0.39 is 0 Å². The van der Waals surface area contributed by atoms with Crippen molar-refractivity contribution in [1.29, 1.82) is 0 Å². The molecule has 3 unspecified atom stereocenters. The molecule has 6 nitrogen and oxygen atoms in total. The highest BCUT2D eigenvalue weighted by molar-refractivity contribution is 7.17. The summed E-state index contributed by atoms with van der Waals surface area (Å²) in [5, 5.41) is 20.5. The molecule has 0 amide bonds. The van der Waals surface area contributed by atoms with Gasteiger partial charge in [-0.15, -0.1) is 11.3 Å². The summed E-state index contributed by atoms with van der Waals surface area (Å²) in [7, 11) is 0. The molecule has 7 heteroatoms. The van der Waals surface area contributed by atoms with Crippen LogP contribution in [0.25, 0.3) is 32.6 Å². The van der Waals surface area contributed by atoms with Crippen LogP contribution < -0.4 is 5.32 Å². The molecule has 7 rings (SSSR count). The first-order chi connectivity index (χ1) is 16.3. The number of H-pyrrole nitrogens is 1. The zero-order valence-corrected chi connectivity index (χ0v) is 19.4. The minimum atomic E-state index is 0.573. The molecule has 1 saturated carbocycles. The van der Waals surface area contributed by atoms with Crippen LogP contribution in [0.15, 0.2) is 42.2 Å². The maximum atomic E-state index is 4.85. The Morgan fingerprint density at radius 2 is 1.76 bits per heavy atom. The summed E-state index contributed by atoms with van der Waals surface area (Å²) in [6.07, 6.45) is 13.1. The van der Waals surface area contributed by atoms with Gasteiger partial charge in [0.1, 0.15) is 0 Å². The molecule has 0 radical (unpaired) electrons. The first kappa shape index (κ1) is 19.8. The van der Waals surface area contributed by atoms with E-state index in [1.54, 1.807) is 11.3 Å². The van der Waals surface area contributed by atoms with Gasteiger partial charge >= 0.3 is 0 Å². The molecule has 1 aliphatic carbocycles. The van der Waals surface area contributed by atoms with Crippen LogP contribution in [0.3, 0.4) is 0 Å². The molecule has 2 saturated heterocycles. The van der Waals surface area contributed by atoms with Crippen molar-refractivity contribution in [1.82, 2.24) is 30.7 Å². The van der Waals surface area contributed by atoms with Crippen molar-refractivity contribution < 1.29 is 0 Å². The van der Waals surface area contributed by atoms with Crippen molar-refractivity contribution >= 4 is 21.6 Å². The number of hydrogen-bond donors (Lipinski definition) is 2. The Balaban J connectivity index is 1.21. The molecule has 5 heterocycles. The highest BCUT2D eigenvalue weighted by Gasteiger charge is 2.43. The number of nitrogens with one attached hydrogen (secondary N) is 2. The Morgan fingerprint density at radius 3 is 2.48 bits per heavy atom. The monoisotopic (exact) mass is 456 g/mol. The average molecular weight is 457 g/mol. The molecule has 3 fully saturated rings. The third-order valence-corrected chi connectivity index (χ3v) is 8.84. The summed E-state index contributed by atoms with van der Waals surface area (Å²) in [6, 6.07) is 10.2. The van der Waals surface area contributed by atoms with E-state index in [4.69, 9.17) is 10.2 Å². The number of thiazole rings is 1. The minimum absolute atomic E-state index is 0.573. The first-order valence-corrected chi connectivity index (χ1v) is 13.2. The Kier molecular flexibility index (Phi) is 4.79. The summed E-state index contributed by atoms with van der Waals surface area (Å²) in [5.74, 6) is 2.12. The van der Waals surface area contributed by atoms with Crippen LogP contribution in [0.1, 0.15) is 56.6 Å². The van der Waals surface area contributed by atoms with Gasteiger partial charge in [0.05, 0.1) is 33.3 Å². The number of fused-ring (bicyclic) bond motifs is 3. The molecule has 2 bridgehead atoms. The summed E-state index contributed by atoms with van der Waals surface area (Å²) < 4.78 is 1.15. The predicted molar refractivity (Wildman–Crippen MR) is 131 cm³/mol. The maximum Gasteiger partial charge on any atom is 0.0944 e. The topological polar surface area (TPSA) is 79.4 Å². The SMILES string of the molecule is c1nc2c(-c3cn[nH]c3)ccc(-c3ccc(C(C4CC4)C4CC5CCCC(C4)N5)nn3)c2s1. The standard InChI is InChI=1S/C26H28N6S/c1-2-18-10-16(11-19(3-1)30-18)24(15-4-5-15)23-9-8-22(31-32-23)21-7-6-20(17-12-28-29-13-17)25-26(21)33-14-27-25/h6-9,12-16,18-19,24,30H,1-5,10-11H2,(H,28,29).